The van der Waals surface area contributed by atoms with E-state index in [0.717, 1.165) is 62.2 Å². The zero-order valence-corrected chi connectivity index (χ0v) is 21.0. The van der Waals surface area contributed by atoms with Crippen molar-refractivity contribution in [2.24, 2.45) is 34.5 Å². The van der Waals surface area contributed by atoms with Crippen molar-refractivity contribution >= 4 is 29.0 Å². The molecule has 30 heavy (non-hydrogen) atoms. The number of halogens is 2. The topological polar surface area (TPSA) is 17.1 Å². The number of ketones is 1. The molecule has 0 bridgehead atoms. The van der Waals surface area contributed by atoms with Crippen molar-refractivity contribution in [1.29, 1.82) is 0 Å². The first-order valence-corrected chi connectivity index (χ1v) is 14.1. The molecule has 0 aromatic heterocycles. The first-order valence-electron chi connectivity index (χ1n) is 13.3. The van der Waals surface area contributed by atoms with E-state index in [1.807, 2.05) is 0 Å². The predicted molar refractivity (Wildman–Crippen MR) is 128 cm³/mol. The van der Waals surface area contributed by atoms with Crippen LogP contribution in [0.25, 0.3) is 0 Å². The largest absolute Gasteiger partial charge is 0.298 e. The average Bonchev–Trinajstić information content (AvgIpc) is 2.79. The summed E-state index contributed by atoms with van der Waals surface area (Å²) in [6.45, 7) is 4.61. The van der Waals surface area contributed by atoms with Gasteiger partial charge in [0.1, 0.15) is 4.33 Å². The van der Waals surface area contributed by atoms with Crippen LogP contribution in [-0.4, -0.2) is 10.1 Å². The number of alkyl halides is 2. The van der Waals surface area contributed by atoms with E-state index >= 15 is 0 Å². The summed E-state index contributed by atoms with van der Waals surface area (Å²) in [4.78, 5) is 13.7. The fourth-order valence-corrected chi connectivity index (χ4v) is 9.13. The van der Waals surface area contributed by atoms with Crippen LogP contribution in [0, 0.1) is 34.5 Å². The molecule has 0 radical (unpaired) electrons. The summed E-state index contributed by atoms with van der Waals surface area (Å²) in [5, 5.41) is 0. The molecule has 0 aromatic carbocycles. The quantitative estimate of drug-likeness (QED) is 0.289. The van der Waals surface area contributed by atoms with Gasteiger partial charge < -0.3 is 0 Å². The lowest BCUT2D eigenvalue weighted by atomic mass is 9.42. The highest BCUT2D eigenvalue weighted by Crippen LogP contribution is 2.74. The minimum Gasteiger partial charge on any atom is -0.298 e. The van der Waals surface area contributed by atoms with Crippen molar-refractivity contribution in [2.45, 2.75) is 127 Å². The smallest absolute Gasteiger partial charge is 0.151 e. The Morgan fingerprint density at radius 1 is 0.733 bits per heavy atom. The Labute approximate surface area is 195 Å². The highest BCUT2D eigenvalue weighted by Gasteiger charge is 2.79. The molecule has 2 spiro atoms. The van der Waals surface area contributed by atoms with Crippen LogP contribution in [-0.2, 0) is 4.79 Å². The Hall–Kier alpha value is 0.250. The highest BCUT2D eigenvalue weighted by molar-refractivity contribution is 6.55. The maximum absolute atomic E-state index is 13.7. The molecule has 0 N–H and O–H groups in total. The predicted octanol–water partition coefficient (Wildman–Crippen LogP) is 8.89. The molecule has 0 heterocycles. The second-order valence-electron chi connectivity index (χ2n) is 11.5. The summed E-state index contributed by atoms with van der Waals surface area (Å²) >= 11 is 14.3. The highest BCUT2D eigenvalue weighted by atomic mass is 35.5. The molecule has 4 aliphatic rings. The maximum Gasteiger partial charge on any atom is 0.151 e. The van der Waals surface area contributed by atoms with Crippen LogP contribution in [0.4, 0.5) is 0 Å². The van der Waals surface area contributed by atoms with Gasteiger partial charge in [-0.15, -0.1) is 0 Å². The molecule has 172 valence electrons. The van der Waals surface area contributed by atoms with Gasteiger partial charge in [-0.25, -0.2) is 0 Å². The zero-order valence-electron chi connectivity index (χ0n) is 19.5. The Morgan fingerprint density at radius 2 is 1.27 bits per heavy atom. The van der Waals surface area contributed by atoms with Crippen LogP contribution >= 0.6 is 23.2 Å². The minimum absolute atomic E-state index is 0.427. The second kappa shape index (κ2) is 9.24. The van der Waals surface area contributed by atoms with E-state index in [9.17, 15) is 4.79 Å². The average molecular weight is 456 g/mol. The molecule has 1 nitrogen and oxygen atoms in total. The molecule has 0 atom stereocenters. The van der Waals surface area contributed by atoms with Crippen molar-refractivity contribution in [3.05, 3.63) is 0 Å². The van der Waals surface area contributed by atoms with Crippen LogP contribution in [0.1, 0.15) is 123 Å². The molecule has 0 aliphatic heterocycles. The van der Waals surface area contributed by atoms with E-state index in [1.54, 1.807) is 0 Å². The summed E-state index contributed by atoms with van der Waals surface area (Å²) in [5.41, 5.74) is -0.855. The normalized spacial score (nSPS) is 43.7. The Morgan fingerprint density at radius 3 is 1.77 bits per heavy atom. The van der Waals surface area contributed by atoms with Crippen molar-refractivity contribution in [2.75, 3.05) is 0 Å². The van der Waals surface area contributed by atoms with Crippen LogP contribution in [0.5, 0.6) is 0 Å². The third-order valence-electron chi connectivity index (χ3n) is 10.3. The van der Waals surface area contributed by atoms with E-state index in [-0.39, 0.29) is 0 Å². The fraction of sp³-hybridized carbons (Fsp3) is 0.963. The van der Waals surface area contributed by atoms with Crippen molar-refractivity contribution in [3.8, 4) is 0 Å². The van der Waals surface area contributed by atoms with E-state index in [0.29, 0.717) is 5.78 Å². The maximum atomic E-state index is 13.7. The van der Waals surface area contributed by atoms with E-state index in [2.05, 4.69) is 13.8 Å². The third kappa shape index (κ3) is 3.70. The lowest BCUT2D eigenvalue weighted by Gasteiger charge is -2.67. The van der Waals surface area contributed by atoms with Gasteiger partial charge in [0, 0.05) is 0 Å². The first kappa shape index (κ1) is 23.4. The molecule has 0 saturated heterocycles. The molecule has 3 heteroatoms. The van der Waals surface area contributed by atoms with E-state index in [4.69, 9.17) is 23.2 Å². The molecule has 4 fully saturated rings. The van der Waals surface area contributed by atoms with E-state index in [1.165, 1.54) is 70.6 Å². The monoisotopic (exact) mass is 454 g/mol. The van der Waals surface area contributed by atoms with Gasteiger partial charge in [0.25, 0.3) is 0 Å². The molecule has 4 saturated carbocycles. The van der Waals surface area contributed by atoms with Crippen LogP contribution in [0.15, 0.2) is 0 Å². The van der Waals surface area contributed by atoms with Gasteiger partial charge in [0.15, 0.2) is 5.78 Å². The molecule has 0 unspecified atom stereocenters. The van der Waals surface area contributed by atoms with Gasteiger partial charge in [-0.3, -0.25) is 4.79 Å². The second-order valence-corrected chi connectivity index (χ2v) is 12.9. The minimum atomic E-state index is -0.823. The lowest BCUT2D eigenvalue weighted by molar-refractivity contribution is -0.173. The summed E-state index contributed by atoms with van der Waals surface area (Å²) in [5.74, 6) is 3.88. The van der Waals surface area contributed by atoms with Crippen molar-refractivity contribution < 1.29 is 4.79 Å². The summed E-state index contributed by atoms with van der Waals surface area (Å²) in [6.07, 6.45) is 20.6. The van der Waals surface area contributed by atoms with E-state index < -0.39 is 15.2 Å². The molecule has 0 aromatic rings. The first-order chi connectivity index (χ1) is 14.4. The third-order valence-corrected chi connectivity index (χ3v) is 11.7. The zero-order chi connectivity index (χ0) is 21.4. The van der Waals surface area contributed by atoms with Crippen LogP contribution < -0.4 is 0 Å². The fourth-order valence-electron chi connectivity index (χ4n) is 8.04. The summed E-state index contributed by atoms with van der Waals surface area (Å²) < 4.78 is -0.823. The summed E-state index contributed by atoms with van der Waals surface area (Å²) in [7, 11) is 0. The molecular weight excluding hydrogens is 411 g/mol. The molecule has 0 amide bonds. The summed E-state index contributed by atoms with van der Waals surface area (Å²) in [6, 6.07) is 0. The Balaban J connectivity index is 1.33. The number of hydrogen-bond acceptors (Lipinski definition) is 1. The number of carbonyl (C=O) groups is 1. The van der Waals surface area contributed by atoms with Gasteiger partial charge in [-0.1, -0.05) is 82.0 Å². The molecule has 4 rings (SSSR count). The Bertz CT molecular complexity index is 588. The van der Waals surface area contributed by atoms with Gasteiger partial charge in [0.2, 0.25) is 0 Å². The number of rotatable bonds is 6. The van der Waals surface area contributed by atoms with Gasteiger partial charge >= 0.3 is 0 Å². The van der Waals surface area contributed by atoms with Crippen LogP contribution in [0.3, 0.4) is 0 Å². The standard InChI is InChI=1S/C27H44Cl2O/c1-3-5-6-7-21-12-16-25(17-13-21)24(30)26(27(25,28)29)18-14-23(15-19-26)22-10-8-20(4-2)9-11-22/h20-23H,3-19H2,1-2H3. The van der Waals surface area contributed by atoms with Crippen molar-refractivity contribution in [3.63, 3.8) is 0 Å². The number of hydrogen-bond donors (Lipinski definition) is 0. The number of carbonyl (C=O) groups excluding carboxylic acids is 1. The van der Waals surface area contributed by atoms with Gasteiger partial charge in [0.05, 0.1) is 10.8 Å². The molecular formula is C27H44Cl2O. The van der Waals surface area contributed by atoms with Gasteiger partial charge in [-0.05, 0) is 87.9 Å². The lowest BCUT2D eigenvalue weighted by Crippen LogP contribution is -2.74. The Kier molecular flexibility index (Phi) is 7.21. The van der Waals surface area contributed by atoms with Crippen LogP contribution in [0.2, 0.25) is 0 Å². The number of unbranched alkanes of at least 4 members (excludes halogenated alkanes) is 2. The molecule has 4 aliphatic carbocycles. The van der Waals surface area contributed by atoms with Crippen molar-refractivity contribution in [1.82, 2.24) is 0 Å². The van der Waals surface area contributed by atoms with Gasteiger partial charge in [-0.2, -0.15) is 0 Å². The number of Topliss-reactive ketones (excluding diaryl/α,β-unsaturated/α-hetero) is 1. The SMILES string of the molecule is CCCCCC1CCC2(CC1)C(=O)C1(CCC(C3CCC(CC)CC3)CC1)C2(Cl)Cl.